The van der Waals surface area contributed by atoms with Crippen molar-refractivity contribution in [1.29, 1.82) is 0 Å². The molecule has 0 aromatic rings. The van der Waals surface area contributed by atoms with Crippen LogP contribution in [0.2, 0.25) is 0 Å². The summed E-state index contributed by atoms with van der Waals surface area (Å²) in [6.07, 6.45) is 2.98. The molecule has 84 valence electrons. The summed E-state index contributed by atoms with van der Waals surface area (Å²) in [7, 11) is -3.07. The van der Waals surface area contributed by atoms with Crippen LogP contribution in [0, 0.1) is 5.41 Å². The zero-order chi connectivity index (χ0) is 11.6. The van der Waals surface area contributed by atoms with Crippen molar-refractivity contribution in [2.45, 2.75) is 45.3 Å². The molecule has 0 fully saturated rings. The normalized spacial score (nSPS) is 14.1. The Balaban J connectivity index is 4.75. The first-order valence-electron chi connectivity index (χ1n) is 4.65. The van der Waals surface area contributed by atoms with Crippen molar-refractivity contribution in [3.05, 3.63) is 0 Å². The van der Waals surface area contributed by atoms with Gasteiger partial charge in [-0.1, -0.05) is 13.8 Å². The van der Waals surface area contributed by atoms with Crippen molar-refractivity contribution in [3.8, 4) is 0 Å². The van der Waals surface area contributed by atoms with Crippen molar-refractivity contribution in [2.24, 2.45) is 5.41 Å². The zero-order valence-electron chi connectivity index (χ0n) is 9.62. The number of hydrogen-bond donors (Lipinski definition) is 0. The van der Waals surface area contributed by atoms with E-state index in [1.165, 1.54) is 6.26 Å². The van der Waals surface area contributed by atoms with E-state index < -0.39 is 14.6 Å². The average molecular weight is 220 g/mol. The maximum absolute atomic E-state index is 11.4. The van der Waals surface area contributed by atoms with Gasteiger partial charge < -0.3 is 4.79 Å². The largest absolute Gasteiger partial charge is 0.303 e. The van der Waals surface area contributed by atoms with Crippen LogP contribution in [0.5, 0.6) is 0 Å². The molecule has 0 aliphatic carbocycles. The number of sulfone groups is 1. The molecule has 0 saturated heterocycles. The van der Waals surface area contributed by atoms with Gasteiger partial charge in [0.1, 0.15) is 6.29 Å². The fraction of sp³-hybridized carbons (Fsp3) is 0.900. The average Bonchev–Trinajstić information content (AvgIpc) is 1.80. The van der Waals surface area contributed by atoms with Gasteiger partial charge in [0.05, 0.1) is 4.75 Å². The maximum atomic E-state index is 11.4. The van der Waals surface area contributed by atoms with Crippen molar-refractivity contribution in [2.75, 3.05) is 6.26 Å². The van der Waals surface area contributed by atoms with E-state index in [0.29, 0.717) is 12.8 Å². The topological polar surface area (TPSA) is 51.2 Å². The molecule has 0 N–H and O–H groups in total. The first kappa shape index (κ1) is 13.6. The molecule has 4 heteroatoms. The Morgan fingerprint density at radius 3 is 1.86 bits per heavy atom. The van der Waals surface area contributed by atoms with Gasteiger partial charge >= 0.3 is 0 Å². The Hall–Kier alpha value is -0.380. The summed E-state index contributed by atoms with van der Waals surface area (Å²) in [5.41, 5.74) is -0.256. The molecule has 0 heterocycles. The summed E-state index contributed by atoms with van der Waals surface area (Å²) in [6, 6.07) is 0. The summed E-state index contributed by atoms with van der Waals surface area (Å²) >= 11 is 0. The predicted octanol–water partition coefficient (Wildman–Crippen LogP) is 1.81. The van der Waals surface area contributed by atoms with Crippen LogP contribution in [0.15, 0.2) is 0 Å². The smallest absolute Gasteiger partial charge is 0.152 e. The molecule has 0 spiro atoms. The van der Waals surface area contributed by atoms with Crippen molar-refractivity contribution < 1.29 is 13.2 Å². The van der Waals surface area contributed by atoms with Crippen LogP contribution in [0.1, 0.15) is 40.5 Å². The molecule has 0 aliphatic rings. The van der Waals surface area contributed by atoms with E-state index in [0.717, 1.165) is 6.29 Å². The molecule has 0 saturated carbocycles. The molecule has 0 rings (SSSR count). The summed E-state index contributed by atoms with van der Waals surface area (Å²) in [5, 5.41) is 0. The van der Waals surface area contributed by atoms with E-state index in [-0.39, 0.29) is 5.41 Å². The molecule has 0 atom stereocenters. The fourth-order valence-electron chi connectivity index (χ4n) is 1.58. The van der Waals surface area contributed by atoms with Crippen molar-refractivity contribution in [1.82, 2.24) is 0 Å². The lowest BCUT2D eigenvalue weighted by atomic mass is 9.81. The standard InChI is InChI=1S/C10H20O3S/c1-9(2,6-7-11)8-10(3,4)14(5,12)13/h7H,6,8H2,1-5H3. The quantitative estimate of drug-likeness (QED) is 0.664. The van der Waals surface area contributed by atoms with Gasteiger partial charge in [0.15, 0.2) is 9.84 Å². The van der Waals surface area contributed by atoms with Crippen molar-refractivity contribution in [3.63, 3.8) is 0 Å². The van der Waals surface area contributed by atoms with Gasteiger partial charge in [-0.05, 0) is 25.7 Å². The van der Waals surface area contributed by atoms with Crippen LogP contribution in [0.4, 0.5) is 0 Å². The Bertz CT molecular complexity index is 299. The number of carbonyl (C=O) groups is 1. The Kier molecular flexibility index (Phi) is 3.90. The minimum Gasteiger partial charge on any atom is -0.303 e. The van der Waals surface area contributed by atoms with Crippen LogP contribution < -0.4 is 0 Å². The minimum atomic E-state index is -3.07. The highest BCUT2D eigenvalue weighted by molar-refractivity contribution is 7.92. The second-order valence-electron chi connectivity index (χ2n) is 5.24. The first-order valence-corrected chi connectivity index (χ1v) is 6.54. The predicted molar refractivity (Wildman–Crippen MR) is 58.0 cm³/mol. The van der Waals surface area contributed by atoms with Gasteiger partial charge in [-0.3, -0.25) is 0 Å². The van der Waals surface area contributed by atoms with E-state index >= 15 is 0 Å². The van der Waals surface area contributed by atoms with Crippen LogP contribution in [-0.4, -0.2) is 25.7 Å². The minimum absolute atomic E-state index is 0.256. The molecular formula is C10H20O3S. The molecule has 0 amide bonds. The van der Waals surface area contributed by atoms with Gasteiger partial charge in [0.25, 0.3) is 0 Å². The summed E-state index contributed by atoms with van der Waals surface area (Å²) in [6.45, 7) is 7.23. The summed E-state index contributed by atoms with van der Waals surface area (Å²) in [4.78, 5) is 10.4. The van der Waals surface area contributed by atoms with E-state index in [9.17, 15) is 13.2 Å². The van der Waals surface area contributed by atoms with Gasteiger partial charge in [-0.15, -0.1) is 0 Å². The lowest BCUT2D eigenvalue weighted by molar-refractivity contribution is -0.109. The molecule has 0 bridgehead atoms. The summed E-state index contributed by atoms with van der Waals surface area (Å²) in [5.74, 6) is 0. The number of aldehydes is 1. The van der Waals surface area contributed by atoms with Crippen LogP contribution in [0.3, 0.4) is 0 Å². The number of hydrogen-bond acceptors (Lipinski definition) is 3. The SMILES string of the molecule is CC(C)(CC=O)CC(C)(C)S(C)(=O)=O. The summed E-state index contributed by atoms with van der Waals surface area (Å²) < 4.78 is 22.1. The van der Waals surface area contributed by atoms with Gasteiger partial charge in [-0.2, -0.15) is 0 Å². The molecule has 0 aromatic heterocycles. The number of rotatable bonds is 5. The van der Waals surface area contributed by atoms with Crippen molar-refractivity contribution >= 4 is 16.1 Å². The van der Waals surface area contributed by atoms with E-state index in [1.54, 1.807) is 13.8 Å². The maximum Gasteiger partial charge on any atom is 0.152 e. The lowest BCUT2D eigenvalue weighted by Gasteiger charge is -2.32. The number of carbonyl (C=O) groups excluding carboxylic acids is 1. The molecular weight excluding hydrogens is 200 g/mol. The molecule has 0 radical (unpaired) electrons. The molecule has 0 unspecified atom stereocenters. The third kappa shape index (κ3) is 3.78. The Morgan fingerprint density at radius 2 is 1.57 bits per heavy atom. The lowest BCUT2D eigenvalue weighted by Crippen LogP contribution is -2.36. The molecule has 0 aromatic carbocycles. The fourth-order valence-corrected chi connectivity index (χ4v) is 2.23. The third-order valence-corrected chi connectivity index (χ3v) is 4.70. The monoisotopic (exact) mass is 220 g/mol. The van der Waals surface area contributed by atoms with Gasteiger partial charge in [0.2, 0.25) is 0 Å². The van der Waals surface area contributed by atoms with E-state index in [1.807, 2.05) is 13.8 Å². The van der Waals surface area contributed by atoms with E-state index in [4.69, 9.17) is 0 Å². The second-order valence-corrected chi connectivity index (χ2v) is 7.89. The zero-order valence-corrected chi connectivity index (χ0v) is 10.4. The van der Waals surface area contributed by atoms with Crippen LogP contribution in [0.25, 0.3) is 0 Å². The third-order valence-electron chi connectivity index (χ3n) is 2.54. The van der Waals surface area contributed by atoms with Gasteiger partial charge in [0, 0.05) is 12.7 Å². The second kappa shape index (κ2) is 4.01. The first-order chi connectivity index (χ1) is 6.02. The van der Waals surface area contributed by atoms with Crippen LogP contribution in [-0.2, 0) is 14.6 Å². The Labute approximate surface area is 86.8 Å². The molecule has 0 aliphatic heterocycles. The molecule has 3 nitrogen and oxygen atoms in total. The molecule has 14 heavy (non-hydrogen) atoms. The van der Waals surface area contributed by atoms with Gasteiger partial charge in [-0.25, -0.2) is 8.42 Å². The highest BCUT2D eigenvalue weighted by Crippen LogP contribution is 2.34. The highest BCUT2D eigenvalue weighted by Gasteiger charge is 2.36. The van der Waals surface area contributed by atoms with E-state index in [2.05, 4.69) is 0 Å². The van der Waals surface area contributed by atoms with Crippen LogP contribution >= 0.6 is 0 Å². The highest BCUT2D eigenvalue weighted by atomic mass is 32.2. The Morgan fingerprint density at radius 1 is 1.14 bits per heavy atom.